The number of fused-ring (bicyclic) bond motifs is 1. The molecule has 0 aliphatic carbocycles. The van der Waals surface area contributed by atoms with Crippen molar-refractivity contribution in [3.05, 3.63) is 17.1 Å². The van der Waals surface area contributed by atoms with Crippen LogP contribution in [0.5, 0.6) is 0 Å². The minimum atomic E-state index is 0.388. The molecule has 3 heterocycles. The van der Waals surface area contributed by atoms with Crippen molar-refractivity contribution in [2.45, 2.75) is 31.8 Å². The average molecular weight is 250 g/mol. The number of anilines is 1. The molecular weight excluding hydrogens is 232 g/mol. The summed E-state index contributed by atoms with van der Waals surface area (Å²) in [6.45, 7) is 2.85. The van der Waals surface area contributed by atoms with Crippen LogP contribution in [0, 0.1) is 0 Å². The number of ether oxygens (including phenoxy) is 2. The van der Waals surface area contributed by atoms with E-state index in [-0.39, 0.29) is 0 Å². The fourth-order valence-corrected chi connectivity index (χ4v) is 2.51. The molecule has 0 saturated carbocycles. The molecular formula is C12H18N4O2. The minimum absolute atomic E-state index is 0.388. The third kappa shape index (κ3) is 2.19. The Morgan fingerprint density at radius 2 is 1.94 bits per heavy atom. The molecule has 98 valence electrons. The molecule has 1 saturated heterocycles. The van der Waals surface area contributed by atoms with Gasteiger partial charge >= 0.3 is 0 Å². The van der Waals surface area contributed by atoms with Crippen molar-refractivity contribution in [2.75, 3.05) is 25.2 Å². The average Bonchev–Trinajstić information content (AvgIpc) is 2.47. The fourth-order valence-electron chi connectivity index (χ4n) is 2.51. The fraction of sp³-hybridized carbons (Fsp3) is 0.667. The van der Waals surface area contributed by atoms with Gasteiger partial charge in [0.05, 0.1) is 18.9 Å². The molecule has 3 rings (SSSR count). The highest BCUT2D eigenvalue weighted by molar-refractivity contribution is 5.46. The molecule has 1 aromatic heterocycles. The van der Waals surface area contributed by atoms with Crippen molar-refractivity contribution in [3.63, 3.8) is 0 Å². The van der Waals surface area contributed by atoms with Crippen LogP contribution >= 0.6 is 0 Å². The first-order valence-corrected chi connectivity index (χ1v) is 6.40. The van der Waals surface area contributed by atoms with Crippen LogP contribution in [-0.4, -0.2) is 29.8 Å². The van der Waals surface area contributed by atoms with Crippen LogP contribution in [0.1, 0.15) is 35.8 Å². The van der Waals surface area contributed by atoms with Crippen LogP contribution < -0.4 is 11.3 Å². The predicted molar refractivity (Wildman–Crippen MR) is 66.0 cm³/mol. The van der Waals surface area contributed by atoms with Gasteiger partial charge in [-0.15, -0.1) is 0 Å². The normalized spacial score (nSPS) is 20.5. The molecule has 2 aliphatic heterocycles. The van der Waals surface area contributed by atoms with Crippen LogP contribution in [0.3, 0.4) is 0 Å². The van der Waals surface area contributed by atoms with Crippen molar-refractivity contribution in [2.24, 2.45) is 5.84 Å². The highest BCUT2D eigenvalue weighted by Crippen LogP contribution is 2.28. The van der Waals surface area contributed by atoms with Gasteiger partial charge < -0.3 is 14.9 Å². The Hall–Kier alpha value is -1.24. The topological polar surface area (TPSA) is 82.3 Å². The lowest BCUT2D eigenvalue weighted by molar-refractivity contribution is 0.0830. The Kier molecular flexibility index (Phi) is 3.40. The summed E-state index contributed by atoms with van der Waals surface area (Å²) >= 11 is 0. The summed E-state index contributed by atoms with van der Waals surface area (Å²) in [5.41, 5.74) is 4.75. The van der Waals surface area contributed by atoms with Crippen molar-refractivity contribution >= 4 is 5.82 Å². The Morgan fingerprint density at radius 1 is 1.11 bits per heavy atom. The van der Waals surface area contributed by atoms with Crippen LogP contribution in [0.25, 0.3) is 0 Å². The van der Waals surface area contributed by atoms with Gasteiger partial charge in [-0.05, 0) is 12.8 Å². The second-order valence-electron chi connectivity index (χ2n) is 4.69. The van der Waals surface area contributed by atoms with E-state index in [0.717, 1.165) is 56.2 Å². The van der Waals surface area contributed by atoms with E-state index in [1.165, 1.54) is 0 Å². The van der Waals surface area contributed by atoms with E-state index in [9.17, 15) is 0 Å². The van der Waals surface area contributed by atoms with E-state index >= 15 is 0 Å². The molecule has 0 radical (unpaired) electrons. The minimum Gasteiger partial charge on any atom is -0.381 e. The van der Waals surface area contributed by atoms with Gasteiger partial charge in [0.2, 0.25) is 0 Å². The third-order valence-electron chi connectivity index (χ3n) is 3.56. The third-order valence-corrected chi connectivity index (χ3v) is 3.56. The molecule has 6 heteroatoms. The number of hydrogen-bond acceptors (Lipinski definition) is 6. The largest absolute Gasteiger partial charge is 0.381 e. The highest BCUT2D eigenvalue weighted by atomic mass is 16.5. The smallest absolute Gasteiger partial charge is 0.149 e. The van der Waals surface area contributed by atoms with Crippen molar-refractivity contribution < 1.29 is 9.47 Å². The monoisotopic (exact) mass is 250 g/mol. The van der Waals surface area contributed by atoms with Crippen LogP contribution in [0.2, 0.25) is 0 Å². The van der Waals surface area contributed by atoms with Gasteiger partial charge in [0.25, 0.3) is 0 Å². The maximum Gasteiger partial charge on any atom is 0.149 e. The first kappa shape index (κ1) is 11.8. The lowest BCUT2D eigenvalue weighted by Gasteiger charge is -2.24. The molecule has 6 nitrogen and oxygen atoms in total. The number of nitrogens with one attached hydrogen (secondary N) is 1. The number of nitrogens with zero attached hydrogens (tertiary/aromatic N) is 2. The molecule has 0 bridgehead atoms. The Balaban J connectivity index is 1.94. The summed E-state index contributed by atoms with van der Waals surface area (Å²) in [4.78, 5) is 9.25. The number of hydrazine groups is 1. The Bertz CT molecular complexity index is 415. The lowest BCUT2D eigenvalue weighted by Crippen LogP contribution is -2.23. The number of hydrogen-bond donors (Lipinski definition) is 2. The molecule has 0 aromatic carbocycles. The molecule has 1 aromatic rings. The molecule has 0 atom stereocenters. The molecule has 18 heavy (non-hydrogen) atoms. The summed E-state index contributed by atoms with van der Waals surface area (Å²) in [5, 5.41) is 0. The number of rotatable bonds is 2. The Morgan fingerprint density at radius 3 is 2.72 bits per heavy atom. The lowest BCUT2D eigenvalue weighted by atomic mass is 9.98. The quantitative estimate of drug-likeness (QED) is 0.595. The molecule has 1 fully saturated rings. The van der Waals surface area contributed by atoms with Gasteiger partial charge in [-0.1, -0.05) is 0 Å². The molecule has 0 unspecified atom stereocenters. The van der Waals surface area contributed by atoms with Crippen LogP contribution in [-0.2, 0) is 22.5 Å². The van der Waals surface area contributed by atoms with Crippen molar-refractivity contribution in [3.8, 4) is 0 Å². The zero-order valence-corrected chi connectivity index (χ0v) is 10.3. The molecule has 2 aliphatic rings. The summed E-state index contributed by atoms with van der Waals surface area (Å²) in [6.07, 6.45) is 2.81. The highest BCUT2D eigenvalue weighted by Gasteiger charge is 2.23. The van der Waals surface area contributed by atoms with E-state index < -0.39 is 0 Å². The first-order valence-electron chi connectivity index (χ1n) is 6.40. The predicted octanol–water partition coefficient (Wildman–Crippen LogP) is 0.729. The zero-order valence-electron chi connectivity index (χ0n) is 10.3. The summed E-state index contributed by atoms with van der Waals surface area (Å²) in [6, 6.07) is 0. The zero-order chi connectivity index (χ0) is 12.4. The first-order chi connectivity index (χ1) is 8.88. The van der Waals surface area contributed by atoms with Crippen LogP contribution in [0.15, 0.2) is 0 Å². The van der Waals surface area contributed by atoms with E-state index in [0.29, 0.717) is 18.3 Å². The number of nitrogens with two attached hydrogens (primary N) is 1. The van der Waals surface area contributed by atoms with Gasteiger partial charge in [-0.2, -0.15) is 0 Å². The number of nitrogen functional groups attached to an aromatic ring is 1. The molecule has 0 amide bonds. The molecule has 0 spiro atoms. The summed E-state index contributed by atoms with van der Waals surface area (Å²) in [5.74, 6) is 7.54. The maximum absolute atomic E-state index is 5.55. The maximum atomic E-state index is 5.55. The van der Waals surface area contributed by atoms with E-state index in [4.69, 9.17) is 20.3 Å². The van der Waals surface area contributed by atoms with Crippen LogP contribution in [0.4, 0.5) is 5.82 Å². The number of aromatic nitrogens is 2. The van der Waals surface area contributed by atoms with Gasteiger partial charge in [0.1, 0.15) is 11.6 Å². The summed E-state index contributed by atoms with van der Waals surface area (Å²) in [7, 11) is 0. The van der Waals surface area contributed by atoms with E-state index in [1.807, 2.05) is 0 Å². The summed E-state index contributed by atoms with van der Waals surface area (Å²) < 4.78 is 10.8. The SMILES string of the molecule is NNc1nc(C2CCOCC2)nc2c1COCC2. The van der Waals surface area contributed by atoms with Gasteiger partial charge in [-0.25, -0.2) is 15.8 Å². The van der Waals surface area contributed by atoms with E-state index in [2.05, 4.69) is 10.4 Å². The molecule has 3 N–H and O–H groups in total. The van der Waals surface area contributed by atoms with Gasteiger partial charge in [0, 0.05) is 31.1 Å². The van der Waals surface area contributed by atoms with E-state index in [1.54, 1.807) is 0 Å². The second kappa shape index (κ2) is 5.17. The standard InChI is InChI=1S/C12H18N4O2/c13-16-12-9-7-18-6-3-10(9)14-11(15-12)8-1-4-17-5-2-8/h8H,1-7,13H2,(H,14,15,16). The van der Waals surface area contributed by atoms with Gasteiger partial charge in [-0.3, -0.25) is 0 Å². The van der Waals surface area contributed by atoms with Crippen molar-refractivity contribution in [1.82, 2.24) is 9.97 Å². The Labute approximate surface area is 106 Å². The van der Waals surface area contributed by atoms with Crippen molar-refractivity contribution in [1.29, 1.82) is 0 Å². The van der Waals surface area contributed by atoms with Gasteiger partial charge in [0.15, 0.2) is 0 Å². The second-order valence-corrected chi connectivity index (χ2v) is 4.69.